The number of likely N-dealkylation sites (tertiary alicyclic amines) is 1. The Bertz CT molecular complexity index is 894. The lowest BCUT2D eigenvalue weighted by molar-refractivity contribution is -0.159. The number of fused-ring (bicyclic) bond motifs is 1. The molecule has 1 aromatic rings. The highest BCUT2D eigenvalue weighted by Crippen LogP contribution is 2.51. The average molecular weight is 504 g/mol. The summed E-state index contributed by atoms with van der Waals surface area (Å²) < 4.78 is 11.7. The molecule has 2 aliphatic carbocycles. The van der Waals surface area contributed by atoms with E-state index < -0.39 is 5.60 Å². The number of esters is 1. The highest BCUT2D eigenvalue weighted by Gasteiger charge is 2.52. The van der Waals surface area contributed by atoms with Gasteiger partial charge in [-0.15, -0.1) is 0 Å². The molecular formula is C29H42ClNO4. The fourth-order valence-electron chi connectivity index (χ4n) is 6.59. The summed E-state index contributed by atoms with van der Waals surface area (Å²) in [5.74, 6) is 0.960. The van der Waals surface area contributed by atoms with E-state index in [1.165, 1.54) is 6.92 Å². The van der Waals surface area contributed by atoms with Crippen molar-refractivity contribution in [3.63, 3.8) is 0 Å². The summed E-state index contributed by atoms with van der Waals surface area (Å²) in [5, 5.41) is 12.6. The Kier molecular flexibility index (Phi) is 8.63. The van der Waals surface area contributed by atoms with Gasteiger partial charge in [0.05, 0.1) is 18.3 Å². The zero-order chi connectivity index (χ0) is 25.2. The molecule has 194 valence electrons. The van der Waals surface area contributed by atoms with Crippen molar-refractivity contribution in [2.75, 3.05) is 19.6 Å². The molecule has 0 radical (unpaired) electrons. The number of halogens is 1. The molecule has 0 bridgehead atoms. The Morgan fingerprint density at radius 3 is 2.54 bits per heavy atom. The Labute approximate surface area is 215 Å². The summed E-state index contributed by atoms with van der Waals surface area (Å²) in [4.78, 5) is 14.2. The van der Waals surface area contributed by atoms with Gasteiger partial charge in [-0.1, -0.05) is 43.7 Å². The normalized spacial score (nSPS) is 33.0. The van der Waals surface area contributed by atoms with Crippen molar-refractivity contribution >= 4 is 17.6 Å². The minimum absolute atomic E-state index is 0.119. The number of carbonyl (C=O) groups excluding carboxylic acids is 1. The van der Waals surface area contributed by atoms with Crippen LogP contribution in [0.25, 0.3) is 0 Å². The second-order valence-corrected chi connectivity index (χ2v) is 11.7. The predicted molar refractivity (Wildman–Crippen MR) is 139 cm³/mol. The smallest absolute Gasteiger partial charge is 0.303 e. The fraction of sp³-hybridized carbons (Fsp3) is 0.690. The van der Waals surface area contributed by atoms with Crippen LogP contribution in [0, 0.1) is 23.7 Å². The van der Waals surface area contributed by atoms with Crippen molar-refractivity contribution < 1.29 is 19.4 Å². The zero-order valence-electron chi connectivity index (χ0n) is 21.7. The van der Waals surface area contributed by atoms with Crippen molar-refractivity contribution in [2.45, 2.75) is 84.2 Å². The van der Waals surface area contributed by atoms with E-state index in [0.717, 1.165) is 61.5 Å². The first-order valence-corrected chi connectivity index (χ1v) is 13.7. The van der Waals surface area contributed by atoms with Gasteiger partial charge in [0.2, 0.25) is 0 Å². The molecule has 0 aromatic heterocycles. The molecule has 1 saturated carbocycles. The monoisotopic (exact) mass is 503 g/mol. The number of hydrogen-bond donors (Lipinski definition) is 1. The van der Waals surface area contributed by atoms with Gasteiger partial charge in [-0.25, -0.2) is 0 Å². The number of benzene rings is 1. The van der Waals surface area contributed by atoms with Crippen molar-refractivity contribution in [1.82, 2.24) is 4.90 Å². The molecule has 6 heteroatoms. The van der Waals surface area contributed by atoms with E-state index in [1.807, 2.05) is 31.2 Å². The van der Waals surface area contributed by atoms with Crippen LogP contribution in [0.3, 0.4) is 0 Å². The molecule has 0 spiro atoms. The van der Waals surface area contributed by atoms with Gasteiger partial charge in [0.25, 0.3) is 0 Å². The van der Waals surface area contributed by atoms with E-state index in [2.05, 4.69) is 24.8 Å². The highest BCUT2D eigenvalue weighted by molar-refractivity contribution is 6.30. The van der Waals surface area contributed by atoms with Crippen molar-refractivity contribution in [1.29, 1.82) is 0 Å². The Morgan fingerprint density at radius 2 is 1.89 bits per heavy atom. The molecule has 1 saturated heterocycles. The van der Waals surface area contributed by atoms with Crippen molar-refractivity contribution in [2.24, 2.45) is 23.7 Å². The van der Waals surface area contributed by atoms with Gasteiger partial charge >= 0.3 is 5.97 Å². The number of hydrogen-bond acceptors (Lipinski definition) is 5. The van der Waals surface area contributed by atoms with E-state index in [1.54, 1.807) is 0 Å². The van der Waals surface area contributed by atoms with Crippen molar-refractivity contribution in [3.8, 4) is 0 Å². The van der Waals surface area contributed by atoms with Crippen LogP contribution in [0.1, 0.15) is 65.4 Å². The Hall–Kier alpha value is -1.40. The van der Waals surface area contributed by atoms with Crippen molar-refractivity contribution in [3.05, 3.63) is 46.5 Å². The molecule has 0 amide bonds. The molecule has 35 heavy (non-hydrogen) atoms. The third-order valence-corrected chi connectivity index (χ3v) is 9.06. The summed E-state index contributed by atoms with van der Waals surface area (Å²) in [6, 6.07) is 7.89. The minimum Gasteiger partial charge on any atom is -0.458 e. The lowest BCUT2D eigenvalue weighted by Crippen LogP contribution is -2.56. The standard InChI is InChI=1S/C29H42ClNO4/c1-19-15-27-26(10-5-21(3)29(27,33)16-28(19)35-22(4)32)20(2)17-31-13-11-25(12-14-31)34-18-23-6-8-24(30)9-7-23/h6-9,15,20-21,25-28,33H,5,10-14,16-18H2,1-4H3/t20?,21-,26+,27-,28-,29-/m1/s1. The summed E-state index contributed by atoms with van der Waals surface area (Å²) in [6.45, 7) is 11.8. The molecule has 1 heterocycles. The zero-order valence-corrected chi connectivity index (χ0v) is 22.5. The van der Waals surface area contributed by atoms with E-state index in [0.29, 0.717) is 31.0 Å². The molecule has 1 unspecified atom stereocenters. The minimum atomic E-state index is -0.806. The Morgan fingerprint density at radius 1 is 1.20 bits per heavy atom. The van der Waals surface area contributed by atoms with Gasteiger partial charge in [-0.05, 0) is 73.6 Å². The van der Waals surface area contributed by atoms with Crippen LogP contribution < -0.4 is 0 Å². The second-order valence-electron chi connectivity index (χ2n) is 11.3. The van der Waals surface area contributed by atoms with E-state index in [-0.39, 0.29) is 23.9 Å². The lowest BCUT2D eigenvalue weighted by atomic mass is 9.57. The lowest BCUT2D eigenvalue weighted by Gasteiger charge is -2.53. The third kappa shape index (κ3) is 6.30. The van der Waals surface area contributed by atoms with Gasteiger partial charge < -0.3 is 19.5 Å². The number of rotatable bonds is 7. The first-order chi connectivity index (χ1) is 16.7. The number of nitrogens with zero attached hydrogens (tertiary/aromatic N) is 1. The molecule has 1 aromatic carbocycles. The molecule has 1 aliphatic heterocycles. The third-order valence-electron chi connectivity index (χ3n) is 8.81. The molecule has 2 fully saturated rings. The molecule has 4 rings (SSSR count). The van der Waals surface area contributed by atoms with E-state index in [4.69, 9.17) is 21.1 Å². The quantitative estimate of drug-likeness (QED) is 0.386. The number of ether oxygens (including phenoxy) is 2. The van der Waals surface area contributed by atoms with Crippen LogP contribution in [0.5, 0.6) is 0 Å². The summed E-state index contributed by atoms with van der Waals surface area (Å²) in [7, 11) is 0. The van der Waals surface area contributed by atoms with Crippen LogP contribution in [0.15, 0.2) is 35.9 Å². The summed E-state index contributed by atoms with van der Waals surface area (Å²) >= 11 is 5.98. The highest BCUT2D eigenvalue weighted by atomic mass is 35.5. The second kappa shape index (κ2) is 11.3. The van der Waals surface area contributed by atoms with Gasteiger partial charge in [0.15, 0.2) is 0 Å². The first kappa shape index (κ1) is 26.7. The molecule has 3 aliphatic rings. The largest absolute Gasteiger partial charge is 0.458 e. The van der Waals surface area contributed by atoms with Gasteiger partial charge in [0.1, 0.15) is 6.10 Å². The summed E-state index contributed by atoms with van der Waals surface area (Å²) in [6.07, 6.45) is 7.00. The van der Waals surface area contributed by atoms with E-state index >= 15 is 0 Å². The molecular weight excluding hydrogens is 462 g/mol. The number of carbonyl (C=O) groups is 1. The van der Waals surface area contributed by atoms with Gasteiger partial charge in [0, 0.05) is 43.9 Å². The van der Waals surface area contributed by atoms with Crippen LogP contribution in [0.2, 0.25) is 5.02 Å². The maximum atomic E-state index is 11.8. The molecule has 1 N–H and O–H groups in total. The SMILES string of the molecule is CC(=O)O[C@@H]1C[C@@]2(O)[C@H](C)CC[C@@H](C(C)CN3CCC(OCc4ccc(Cl)cc4)CC3)[C@H]2C=C1C. The van der Waals surface area contributed by atoms with Crippen LogP contribution in [0.4, 0.5) is 0 Å². The van der Waals surface area contributed by atoms with Crippen LogP contribution in [-0.4, -0.2) is 53.4 Å². The van der Waals surface area contributed by atoms with Crippen LogP contribution >= 0.6 is 11.6 Å². The molecule has 6 atom stereocenters. The van der Waals surface area contributed by atoms with Gasteiger partial charge in [-0.3, -0.25) is 4.79 Å². The summed E-state index contributed by atoms with van der Waals surface area (Å²) in [5.41, 5.74) is 1.44. The topological polar surface area (TPSA) is 59.0 Å². The maximum absolute atomic E-state index is 11.8. The number of aliphatic hydroxyl groups is 1. The molecule has 5 nitrogen and oxygen atoms in total. The average Bonchev–Trinajstić information content (AvgIpc) is 2.81. The van der Waals surface area contributed by atoms with E-state index in [9.17, 15) is 9.90 Å². The number of piperidine rings is 1. The van der Waals surface area contributed by atoms with Gasteiger partial charge in [-0.2, -0.15) is 0 Å². The van der Waals surface area contributed by atoms with Crippen LogP contribution in [-0.2, 0) is 20.9 Å². The maximum Gasteiger partial charge on any atom is 0.303 e. The fourth-order valence-corrected chi connectivity index (χ4v) is 6.72. The predicted octanol–water partition coefficient (Wildman–Crippen LogP) is 5.63. The first-order valence-electron chi connectivity index (χ1n) is 13.3. The Balaban J connectivity index is 1.31.